The maximum absolute atomic E-state index is 13.7. The van der Waals surface area contributed by atoms with E-state index in [1.807, 2.05) is 13.0 Å². The van der Waals surface area contributed by atoms with Crippen molar-refractivity contribution in [3.05, 3.63) is 48.0 Å². The molecule has 1 heterocycles. The van der Waals surface area contributed by atoms with Crippen LogP contribution in [0, 0.1) is 24.1 Å². The lowest BCUT2D eigenvalue weighted by Crippen LogP contribution is -2.10. The van der Waals surface area contributed by atoms with Crippen molar-refractivity contribution in [1.82, 2.24) is 9.97 Å². The number of aromatic nitrogens is 2. The Morgan fingerprint density at radius 3 is 2.82 bits per heavy atom. The quantitative estimate of drug-likeness (QED) is 0.634. The van der Waals surface area contributed by atoms with E-state index in [-0.39, 0.29) is 5.75 Å². The number of hydrogen-bond acceptors (Lipinski definition) is 8. The van der Waals surface area contributed by atoms with Crippen LogP contribution in [0.15, 0.2) is 41.0 Å². The molecule has 28 heavy (non-hydrogen) atoms. The summed E-state index contributed by atoms with van der Waals surface area (Å²) in [6, 6.07) is 9.47. The second kappa shape index (κ2) is 8.19. The van der Waals surface area contributed by atoms with Crippen LogP contribution in [0.2, 0.25) is 0 Å². The summed E-state index contributed by atoms with van der Waals surface area (Å²) in [4.78, 5) is 8.56. The Labute approximate surface area is 163 Å². The molecule has 0 bridgehead atoms. The van der Waals surface area contributed by atoms with Crippen LogP contribution in [-0.2, 0) is 14.8 Å². The van der Waals surface area contributed by atoms with Crippen molar-refractivity contribution in [2.24, 2.45) is 4.36 Å². The van der Waals surface area contributed by atoms with E-state index in [2.05, 4.69) is 19.6 Å². The summed E-state index contributed by atoms with van der Waals surface area (Å²) in [6.07, 6.45) is 2.13. The van der Waals surface area contributed by atoms with Crippen molar-refractivity contribution in [2.75, 3.05) is 11.6 Å². The fourth-order valence-corrected chi connectivity index (χ4v) is 3.11. The van der Waals surface area contributed by atoms with Gasteiger partial charge >= 0.3 is 0 Å². The predicted molar refractivity (Wildman–Crippen MR) is 106 cm³/mol. The molecule has 144 valence electrons. The number of nitrogens with zero attached hydrogens (tertiary/aromatic N) is 4. The van der Waals surface area contributed by atoms with Crippen LogP contribution in [0.5, 0.6) is 5.75 Å². The summed E-state index contributed by atoms with van der Waals surface area (Å²) in [7, 11) is -1.33. The maximum Gasteiger partial charge on any atom is 0.181 e. The number of aryl methyl sites for hydroxylation is 1. The van der Waals surface area contributed by atoms with Gasteiger partial charge in [-0.3, -0.25) is 0 Å². The van der Waals surface area contributed by atoms with Crippen LogP contribution in [0.4, 0.5) is 21.6 Å². The fraction of sp³-hybridized carbons (Fsp3) is 0.211. The van der Waals surface area contributed by atoms with Crippen LogP contribution >= 0.6 is 0 Å². The zero-order valence-electron chi connectivity index (χ0n) is 15.4. The molecule has 1 unspecified atom stereocenters. The molecule has 1 atom stereocenters. The van der Waals surface area contributed by atoms with Crippen molar-refractivity contribution < 1.29 is 13.3 Å². The monoisotopic (exact) mass is 398 g/mol. The summed E-state index contributed by atoms with van der Waals surface area (Å²) in [5, 5.41) is 12.8. The number of hydrogen-bond donors (Lipinski definition) is 1. The molecule has 0 aliphatic carbocycles. The molecule has 1 aromatic heterocycles. The number of rotatable bonds is 5. The number of halogens is 1. The average Bonchev–Trinajstić information content (AvgIpc) is 2.63. The van der Waals surface area contributed by atoms with E-state index in [9.17, 15) is 8.60 Å². The van der Waals surface area contributed by atoms with Gasteiger partial charge in [0.25, 0.3) is 0 Å². The van der Waals surface area contributed by atoms with Gasteiger partial charge in [-0.05, 0) is 43.7 Å². The highest BCUT2D eigenvalue weighted by Crippen LogP contribution is 2.33. The van der Waals surface area contributed by atoms with Gasteiger partial charge in [-0.25, -0.2) is 14.4 Å². The van der Waals surface area contributed by atoms with E-state index in [0.29, 0.717) is 22.7 Å². The van der Waals surface area contributed by atoms with Crippen LogP contribution in [0.3, 0.4) is 0 Å². The van der Waals surface area contributed by atoms with Gasteiger partial charge in [-0.1, -0.05) is 0 Å². The lowest BCUT2D eigenvalue weighted by molar-refractivity contribution is 0.276. The van der Waals surface area contributed by atoms with E-state index in [4.69, 9.17) is 10.00 Å². The summed E-state index contributed by atoms with van der Waals surface area (Å²) in [5.41, 5.74) is 2.48. The van der Waals surface area contributed by atoms with Crippen LogP contribution in [-0.4, -0.2) is 22.3 Å². The van der Waals surface area contributed by atoms with Crippen molar-refractivity contribution in [3.63, 3.8) is 0 Å². The second-order valence-electron chi connectivity index (χ2n) is 6.05. The zero-order valence-corrected chi connectivity index (χ0v) is 16.2. The van der Waals surface area contributed by atoms with E-state index in [1.54, 1.807) is 19.1 Å². The molecule has 0 aliphatic heterocycles. The van der Waals surface area contributed by atoms with E-state index in [0.717, 1.165) is 10.9 Å². The highest BCUT2D eigenvalue weighted by atomic mass is 32.2. The average molecular weight is 398 g/mol. The Balaban J connectivity index is 2.08. The first-order valence-electron chi connectivity index (χ1n) is 8.31. The minimum Gasteiger partial charge on any atom is -0.474 e. The normalized spacial score (nSPS) is 13.1. The van der Waals surface area contributed by atoms with E-state index < -0.39 is 22.5 Å². The summed E-state index contributed by atoms with van der Waals surface area (Å²) in [5.74, 6) is 0.215. The highest BCUT2D eigenvalue weighted by molar-refractivity contribution is 7.74. The van der Waals surface area contributed by atoms with Crippen molar-refractivity contribution in [3.8, 4) is 11.8 Å². The molecule has 7 nitrogen and oxygen atoms in total. The lowest BCUT2D eigenvalue weighted by atomic mass is 10.1. The molecular formula is C19H17FN5O2S-. The lowest BCUT2D eigenvalue weighted by Gasteiger charge is -2.16. The second-order valence-corrected chi connectivity index (χ2v) is 7.08. The van der Waals surface area contributed by atoms with Gasteiger partial charge in [0.15, 0.2) is 6.10 Å². The third-order valence-corrected chi connectivity index (χ3v) is 4.30. The molecular weight excluding hydrogens is 381 g/mol. The van der Waals surface area contributed by atoms with Gasteiger partial charge in [-0.15, -0.1) is 6.26 Å². The number of anilines is 2. The number of nitrogens with one attached hydrogen (secondary N) is 1. The summed E-state index contributed by atoms with van der Waals surface area (Å²) >= 11 is 0. The zero-order chi connectivity index (χ0) is 20.3. The molecule has 0 amide bonds. The Morgan fingerprint density at radius 1 is 1.32 bits per heavy atom. The third kappa shape index (κ3) is 4.35. The molecule has 0 saturated carbocycles. The van der Waals surface area contributed by atoms with Crippen LogP contribution in [0.25, 0.3) is 10.9 Å². The molecule has 0 radical (unpaired) electrons. The van der Waals surface area contributed by atoms with Gasteiger partial charge in [0.1, 0.15) is 29.8 Å². The molecule has 1 N–H and O–H groups in total. The van der Waals surface area contributed by atoms with Crippen molar-refractivity contribution >= 4 is 38.7 Å². The number of fused-ring (bicyclic) bond motifs is 1. The molecule has 9 heteroatoms. The molecule has 0 saturated heterocycles. The first-order valence-corrected chi connectivity index (χ1v) is 9.82. The number of benzene rings is 2. The molecule has 2 aromatic carbocycles. The first-order chi connectivity index (χ1) is 13.4. The third-order valence-electron chi connectivity index (χ3n) is 3.84. The van der Waals surface area contributed by atoms with Crippen molar-refractivity contribution in [2.45, 2.75) is 20.0 Å². The molecule has 0 aliphatic rings. The van der Waals surface area contributed by atoms with Gasteiger partial charge in [0.2, 0.25) is 0 Å². The minimum absolute atomic E-state index is 0.200. The molecule has 0 fully saturated rings. The van der Waals surface area contributed by atoms with Gasteiger partial charge in [-0.2, -0.15) is 15.9 Å². The standard InChI is InChI=1S/C19H17FN5O2S/c1-11-6-14(25-28(3)26)8-16-18(11)19(23-10-22-16)24-15-5-4-13(20)7-17(15)27-12(2)9-21/h4-8,10,12H,1-3H3,(H,22,23,24)/q-1. The Kier molecular flexibility index (Phi) is 5.70. The Hall–Kier alpha value is -3.25. The summed E-state index contributed by atoms with van der Waals surface area (Å²) in [6.45, 7) is 3.44. The largest absolute Gasteiger partial charge is 0.474 e. The molecule has 0 spiro atoms. The van der Waals surface area contributed by atoms with Gasteiger partial charge in [0.05, 0.1) is 11.2 Å². The highest BCUT2D eigenvalue weighted by Gasteiger charge is 2.13. The predicted octanol–water partition coefficient (Wildman–Crippen LogP) is 4.52. The first kappa shape index (κ1) is 19.5. The Bertz CT molecular complexity index is 1170. The van der Waals surface area contributed by atoms with Crippen LogP contribution < -0.4 is 10.1 Å². The van der Waals surface area contributed by atoms with Crippen molar-refractivity contribution in [1.29, 1.82) is 5.26 Å². The number of nitriles is 1. The fourth-order valence-electron chi connectivity index (χ4n) is 2.71. The van der Waals surface area contributed by atoms with E-state index >= 15 is 0 Å². The minimum atomic E-state index is -1.33. The Morgan fingerprint density at radius 2 is 2.11 bits per heavy atom. The maximum atomic E-state index is 13.7. The smallest absolute Gasteiger partial charge is 0.181 e. The molecule has 3 aromatic rings. The van der Waals surface area contributed by atoms with E-state index in [1.165, 1.54) is 30.8 Å². The SMILES string of the molecule is Cc1cc(N=[S-](C)=O)cc2ncnc(Nc3ccc(F)cc3OC(C)C#N)c12. The van der Waals surface area contributed by atoms with Gasteiger partial charge in [0, 0.05) is 17.1 Å². The van der Waals surface area contributed by atoms with Gasteiger partial charge < -0.3 is 18.6 Å². The summed E-state index contributed by atoms with van der Waals surface area (Å²) < 4.78 is 34.6. The van der Waals surface area contributed by atoms with Crippen LogP contribution in [0.1, 0.15) is 12.5 Å². The number of ether oxygens (including phenoxy) is 1. The molecule has 3 rings (SSSR count). The topological polar surface area (TPSA) is 100 Å².